The first kappa shape index (κ1) is 21.9. The number of piperazine rings is 1. The van der Waals surface area contributed by atoms with E-state index in [-0.39, 0.29) is 5.56 Å². The zero-order valence-corrected chi connectivity index (χ0v) is 18.8. The van der Waals surface area contributed by atoms with Crippen molar-refractivity contribution in [2.75, 3.05) is 33.3 Å². The molecule has 0 saturated carbocycles. The summed E-state index contributed by atoms with van der Waals surface area (Å²) in [6.07, 6.45) is 0. The van der Waals surface area contributed by atoms with Crippen LogP contribution in [-0.4, -0.2) is 54.8 Å². The molecule has 6 nitrogen and oxygen atoms in total. The molecule has 1 fully saturated rings. The quantitative estimate of drug-likeness (QED) is 0.541. The maximum absolute atomic E-state index is 13.6. The number of fused-ring (bicyclic) bond motifs is 2. The number of hydrogen-bond donors (Lipinski definition) is 0. The van der Waals surface area contributed by atoms with Crippen LogP contribution in [0.15, 0.2) is 59.6 Å². The number of aliphatic imine (C=N–C) groups is 1. The van der Waals surface area contributed by atoms with Crippen LogP contribution in [0.5, 0.6) is 17.2 Å². The molecular formula is C26H23F2N3O3. The van der Waals surface area contributed by atoms with Gasteiger partial charge in [0.15, 0.2) is 5.75 Å². The standard InChI is InChI=1S/C26H23F2N3O3/c1-16-3-6-22-24(11-16)34-23-15-20(33-2)4-5-21(23)25(29-22)30-7-9-31(10-8-30)26(32)17-12-18(27)14-19(28)13-17/h3-6,11-15H,7-10H2,1-2H3. The normalized spacial score (nSPS) is 15.0. The molecule has 2 heterocycles. The lowest BCUT2D eigenvalue weighted by molar-refractivity contribution is 0.0691. The Kier molecular flexibility index (Phi) is 5.65. The molecule has 174 valence electrons. The van der Waals surface area contributed by atoms with Crippen LogP contribution in [0.1, 0.15) is 21.5 Å². The molecule has 0 aromatic heterocycles. The maximum atomic E-state index is 13.6. The third-order valence-electron chi connectivity index (χ3n) is 5.97. The average molecular weight is 463 g/mol. The number of benzene rings is 3. The molecule has 34 heavy (non-hydrogen) atoms. The third kappa shape index (κ3) is 4.19. The van der Waals surface area contributed by atoms with Crippen molar-refractivity contribution in [1.29, 1.82) is 0 Å². The van der Waals surface area contributed by atoms with Crippen LogP contribution in [-0.2, 0) is 0 Å². The number of halogens is 2. The molecule has 3 aromatic carbocycles. The summed E-state index contributed by atoms with van der Waals surface area (Å²) in [5.74, 6) is 0.778. The van der Waals surface area contributed by atoms with Gasteiger partial charge in [-0.1, -0.05) is 6.07 Å². The minimum absolute atomic E-state index is 0.00731. The van der Waals surface area contributed by atoms with Gasteiger partial charge in [-0.25, -0.2) is 13.8 Å². The Bertz CT molecular complexity index is 1280. The van der Waals surface area contributed by atoms with Crippen molar-refractivity contribution in [3.63, 3.8) is 0 Å². The molecule has 2 aliphatic rings. The van der Waals surface area contributed by atoms with E-state index in [1.807, 2.05) is 43.3 Å². The lowest BCUT2D eigenvalue weighted by atomic mass is 10.1. The topological polar surface area (TPSA) is 54.4 Å². The summed E-state index contributed by atoms with van der Waals surface area (Å²) in [5.41, 5.74) is 2.60. The van der Waals surface area contributed by atoms with Gasteiger partial charge in [0.05, 0.1) is 12.7 Å². The van der Waals surface area contributed by atoms with E-state index in [1.165, 1.54) is 0 Å². The van der Waals surface area contributed by atoms with Crippen LogP contribution in [0.2, 0.25) is 0 Å². The van der Waals surface area contributed by atoms with Gasteiger partial charge in [0.2, 0.25) is 0 Å². The molecule has 0 radical (unpaired) electrons. The van der Waals surface area contributed by atoms with Gasteiger partial charge in [0, 0.05) is 43.9 Å². The lowest BCUT2D eigenvalue weighted by Gasteiger charge is -2.36. The van der Waals surface area contributed by atoms with Crippen molar-refractivity contribution in [2.45, 2.75) is 6.92 Å². The zero-order chi connectivity index (χ0) is 23.8. The summed E-state index contributed by atoms with van der Waals surface area (Å²) in [7, 11) is 1.60. The van der Waals surface area contributed by atoms with Gasteiger partial charge in [-0.3, -0.25) is 4.79 Å². The van der Waals surface area contributed by atoms with Gasteiger partial charge in [0.25, 0.3) is 5.91 Å². The highest BCUT2D eigenvalue weighted by Gasteiger charge is 2.28. The maximum Gasteiger partial charge on any atom is 0.254 e. The molecule has 0 aliphatic carbocycles. The number of methoxy groups -OCH3 is 1. The van der Waals surface area contributed by atoms with Gasteiger partial charge in [-0.05, 0) is 48.9 Å². The second-order valence-corrected chi connectivity index (χ2v) is 8.31. The molecule has 0 unspecified atom stereocenters. The smallest absolute Gasteiger partial charge is 0.254 e. The van der Waals surface area contributed by atoms with Gasteiger partial charge in [-0.15, -0.1) is 0 Å². The van der Waals surface area contributed by atoms with E-state index in [1.54, 1.807) is 12.0 Å². The van der Waals surface area contributed by atoms with Crippen molar-refractivity contribution in [3.8, 4) is 17.2 Å². The van der Waals surface area contributed by atoms with Gasteiger partial charge >= 0.3 is 0 Å². The number of aryl methyl sites for hydroxylation is 1. The van der Waals surface area contributed by atoms with E-state index in [2.05, 4.69) is 4.90 Å². The van der Waals surface area contributed by atoms with Gasteiger partial charge < -0.3 is 19.3 Å². The number of nitrogens with zero attached hydrogens (tertiary/aromatic N) is 3. The molecule has 0 spiro atoms. The molecule has 0 N–H and O–H groups in total. The number of carbonyl (C=O) groups excluding carboxylic acids is 1. The van der Waals surface area contributed by atoms with Crippen LogP contribution in [0.4, 0.5) is 14.5 Å². The molecule has 0 atom stereocenters. The van der Waals surface area contributed by atoms with Crippen molar-refractivity contribution < 1.29 is 23.0 Å². The summed E-state index contributed by atoms with van der Waals surface area (Å²) in [4.78, 5) is 21.4. The van der Waals surface area contributed by atoms with Gasteiger partial charge in [0.1, 0.15) is 34.7 Å². The van der Waals surface area contributed by atoms with Crippen LogP contribution in [0, 0.1) is 18.6 Å². The van der Waals surface area contributed by atoms with E-state index < -0.39 is 17.5 Å². The van der Waals surface area contributed by atoms with E-state index in [0.29, 0.717) is 49.1 Å². The van der Waals surface area contributed by atoms with E-state index in [4.69, 9.17) is 14.5 Å². The summed E-state index contributed by atoms with van der Waals surface area (Å²) in [6, 6.07) is 14.3. The van der Waals surface area contributed by atoms with Crippen LogP contribution in [0.3, 0.4) is 0 Å². The Morgan fingerprint density at radius 3 is 2.38 bits per heavy atom. The van der Waals surface area contributed by atoms with E-state index in [0.717, 1.165) is 35.2 Å². The molecule has 5 rings (SSSR count). The Balaban J connectivity index is 1.43. The third-order valence-corrected chi connectivity index (χ3v) is 5.97. The molecule has 0 bridgehead atoms. The minimum Gasteiger partial charge on any atom is -0.497 e. The highest BCUT2D eigenvalue weighted by Crippen LogP contribution is 2.40. The molecule has 1 amide bonds. The number of amidine groups is 1. The van der Waals surface area contributed by atoms with E-state index in [9.17, 15) is 13.6 Å². The minimum atomic E-state index is -0.768. The fourth-order valence-electron chi connectivity index (χ4n) is 4.21. The van der Waals surface area contributed by atoms with Gasteiger partial charge in [-0.2, -0.15) is 0 Å². The molecule has 2 aliphatic heterocycles. The average Bonchev–Trinajstić information content (AvgIpc) is 2.98. The second kappa shape index (κ2) is 8.78. The molecule has 8 heteroatoms. The van der Waals surface area contributed by atoms with Crippen molar-refractivity contribution in [2.24, 2.45) is 4.99 Å². The number of ether oxygens (including phenoxy) is 2. The Morgan fingerprint density at radius 2 is 1.68 bits per heavy atom. The van der Waals surface area contributed by atoms with Crippen molar-refractivity contribution >= 4 is 17.4 Å². The second-order valence-electron chi connectivity index (χ2n) is 8.31. The largest absolute Gasteiger partial charge is 0.497 e. The van der Waals surface area contributed by atoms with E-state index >= 15 is 0 Å². The molecule has 3 aromatic rings. The fraction of sp³-hybridized carbons (Fsp3) is 0.231. The summed E-state index contributed by atoms with van der Waals surface area (Å²) < 4.78 is 38.8. The Morgan fingerprint density at radius 1 is 0.941 bits per heavy atom. The summed E-state index contributed by atoms with van der Waals surface area (Å²) in [6.45, 7) is 3.79. The number of carbonyl (C=O) groups is 1. The molecule has 1 saturated heterocycles. The first-order chi connectivity index (χ1) is 16.4. The van der Waals surface area contributed by atoms with Crippen LogP contribution < -0.4 is 9.47 Å². The Hall–Kier alpha value is -3.94. The highest BCUT2D eigenvalue weighted by molar-refractivity contribution is 6.04. The first-order valence-electron chi connectivity index (χ1n) is 11.0. The first-order valence-corrected chi connectivity index (χ1v) is 11.0. The lowest BCUT2D eigenvalue weighted by Crippen LogP contribution is -2.50. The van der Waals surface area contributed by atoms with Crippen LogP contribution >= 0.6 is 0 Å². The molecular weight excluding hydrogens is 440 g/mol. The number of rotatable bonds is 2. The fourth-order valence-corrected chi connectivity index (χ4v) is 4.21. The predicted molar refractivity (Wildman–Crippen MR) is 124 cm³/mol. The zero-order valence-electron chi connectivity index (χ0n) is 18.8. The SMILES string of the molecule is COc1ccc2c(c1)Oc1cc(C)ccc1N=C2N1CCN(C(=O)c2cc(F)cc(F)c2)CC1. The summed E-state index contributed by atoms with van der Waals surface area (Å²) in [5, 5.41) is 0. The predicted octanol–water partition coefficient (Wildman–Crippen LogP) is 4.92. The Labute approximate surface area is 196 Å². The number of amides is 1. The number of hydrogen-bond acceptors (Lipinski definition) is 5. The van der Waals surface area contributed by atoms with Crippen LogP contribution in [0.25, 0.3) is 0 Å². The monoisotopic (exact) mass is 463 g/mol. The van der Waals surface area contributed by atoms with Crippen molar-refractivity contribution in [1.82, 2.24) is 9.80 Å². The summed E-state index contributed by atoms with van der Waals surface area (Å²) >= 11 is 0. The highest BCUT2D eigenvalue weighted by atomic mass is 19.1. The van der Waals surface area contributed by atoms with Crippen molar-refractivity contribution in [3.05, 3.63) is 82.9 Å².